The van der Waals surface area contributed by atoms with Crippen molar-refractivity contribution >= 4 is 17.5 Å². The lowest BCUT2D eigenvalue weighted by atomic mass is 10.1. The first-order chi connectivity index (χ1) is 11.0. The summed E-state index contributed by atoms with van der Waals surface area (Å²) < 4.78 is 10.4. The summed E-state index contributed by atoms with van der Waals surface area (Å²) in [6.07, 6.45) is 0.755. The van der Waals surface area contributed by atoms with Gasteiger partial charge in [-0.15, -0.1) is 6.58 Å². The highest BCUT2D eigenvalue weighted by molar-refractivity contribution is 5.95. The molecule has 124 valence electrons. The van der Waals surface area contributed by atoms with E-state index in [2.05, 4.69) is 11.9 Å². The van der Waals surface area contributed by atoms with Gasteiger partial charge in [0.15, 0.2) is 6.10 Å². The number of methoxy groups -OCH3 is 2. The van der Waals surface area contributed by atoms with Gasteiger partial charge in [-0.3, -0.25) is 9.59 Å². The maximum Gasteiger partial charge on any atom is 0.254 e. The maximum absolute atomic E-state index is 12.4. The van der Waals surface area contributed by atoms with Crippen molar-refractivity contribution in [3.05, 3.63) is 36.9 Å². The van der Waals surface area contributed by atoms with E-state index in [9.17, 15) is 9.59 Å². The number of carbonyl (C=O) groups is 2. The number of carbonyl (C=O) groups excluding carboxylic acids is 2. The molecule has 1 heterocycles. The van der Waals surface area contributed by atoms with Gasteiger partial charge >= 0.3 is 0 Å². The second-order valence-corrected chi connectivity index (χ2v) is 5.18. The topological polar surface area (TPSA) is 93.9 Å². The van der Waals surface area contributed by atoms with Gasteiger partial charge in [-0.05, 0) is 24.3 Å². The van der Waals surface area contributed by atoms with Crippen molar-refractivity contribution in [2.24, 2.45) is 5.73 Å². The third-order valence-corrected chi connectivity index (χ3v) is 3.82. The Hall–Kier alpha value is -2.54. The van der Waals surface area contributed by atoms with Crippen molar-refractivity contribution in [2.45, 2.75) is 18.2 Å². The molecule has 3 atom stereocenters. The smallest absolute Gasteiger partial charge is 0.254 e. The summed E-state index contributed by atoms with van der Waals surface area (Å²) in [5, 5.41) is 3.17. The van der Waals surface area contributed by atoms with Crippen LogP contribution in [0.2, 0.25) is 0 Å². The van der Waals surface area contributed by atoms with E-state index in [1.165, 1.54) is 12.0 Å². The number of nitrogens with one attached hydrogen (secondary N) is 1. The molecule has 1 aliphatic heterocycles. The van der Waals surface area contributed by atoms with Crippen LogP contribution in [0.5, 0.6) is 5.75 Å². The fourth-order valence-electron chi connectivity index (χ4n) is 2.77. The minimum Gasteiger partial charge on any atom is -0.497 e. The summed E-state index contributed by atoms with van der Waals surface area (Å²) in [6, 6.07) is 5.75. The minimum atomic E-state index is -0.812. The molecule has 0 unspecified atom stereocenters. The SMILES string of the molecule is C=CCN1C(=O)[C@H](OC)[C@@H](Nc2ccc(OC)cc2)[C@H]1C(N)=O. The molecule has 0 spiro atoms. The first-order valence-electron chi connectivity index (χ1n) is 7.17. The van der Waals surface area contributed by atoms with Crippen LogP contribution in [0.1, 0.15) is 0 Å². The number of ether oxygens (including phenoxy) is 2. The maximum atomic E-state index is 12.4. The van der Waals surface area contributed by atoms with Crippen LogP contribution in [0.3, 0.4) is 0 Å². The number of hydrogen-bond acceptors (Lipinski definition) is 5. The monoisotopic (exact) mass is 319 g/mol. The first-order valence-corrected chi connectivity index (χ1v) is 7.17. The Morgan fingerprint density at radius 2 is 2.04 bits per heavy atom. The van der Waals surface area contributed by atoms with E-state index < -0.39 is 24.1 Å². The lowest BCUT2D eigenvalue weighted by Gasteiger charge is -2.25. The van der Waals surface area contributed by atoms with Crippen LogP contribution in [-0.2, 0) is 14.3 Å². The van der Waals surface area contributed by atoms with E-state index in [0.29, 0.717) is 5.75 Å². The van der Waals surface area contributed by atoms with Gasteiger partial charge in [-0.2, -0.15) is 0 Å². The summed E-state index contributed by atoms with van der Waals surface area (Å²) in [7, 11) is 3.01. The van der Waals surface area contributed by atoms with Gasteiger partial charge in [0.05, 0.1) is 13.2 Å². The molecule has 3 N–H and O–H groups in total. The van der Waals surface area contributed by atoms with Crippen LogP contribution >= 0.6 is 0 Å². The molecular weight excluding hydrogens is 298 g/mol. The molecule has 0 saturated carbocycles. The van der Waals surface area contributed by atoms with Gasteiger partial charge in [-0.1, -0.05) is 6.08 Å². The zero-order chi connectivity index (χ0) is 17.0. The van der Waals surface area contributed by atoms with Crippen molar-refractivity contribution < 1.29 is 19.1 Å². The number of rotatable bonds is 7. The van der Waals surface area contributed by atoms with Crippen molar-refractivity contribution in [1.82, 2.24) is 4.90 Å². The fourth-order valence-corrected chi connectivity index (χ4v) is 2.77. The van der Waals surface area contributed by atoms with Gasteiger partial charge in [-0.25, -0.2) is 0 Å². The molecular formula is C16H21N3O4. The normalized spacial score (nSPS) is 23.7. The Kier molecular flexibility index (Phi) is 5.23. The Morgan fingerprint density at radius 3 is 2.52 bits per heavy atom. The standard InChI is InChI=1S/C16H21N3O4/c1-4-9-19-13(15(17)20)12(14(23-3)16(19)21)18-10-5-7-11(22-2)8-6-10/h4-8,12-14,18H,1,9H2,2-3H3,(H2,17,20)/t12-,13-,14+/m0/s1. The van der Waals surface area contributed by atoms with Crippen LogP contribution in [0.25, 0.3) is 0 Å². The number of likely N-dealkylation sites (tertiary alicyclic amines) is 1. The van der Waals surface area contributed by atoms with Gasteiger partial charge < -0.3 is 25.4 Å². The van der Waals surface area contributed by atoms with Crippen molar-refractivity contribution in [1.29, 1.82) is 0 Å². The zero-order valence-electron chi connectivity index (χ0n) is 13.2. The second kappa shape index (κ2) is 7.15. The lowest BCUT2D eigenvalue weighted by molar-refractivity contribution is -0.138. The highest BCUT2D eigenvalue weighted by Gasteiger charge is 2.50. The van der Waals surface area contributed by atoms with Gasteiger partial charge in [0, 0.05) is 19.3 Å². The quantitative estimate of drug-likeness (QED) is 0.708. The number of nitrogens with zero attached hydrogens (tertiary/aromatic N) is 1. The average molecular weight is 319 g/mol. The minimum absolute atomic E-state index is 0.229. The highest BCUT2D eigenvalue weighted by atomic mass is 16.5. The van der Waals surface area contributed by atoms with Crippen LogP contribution in [0.15, 0.2) is 36.9 Å². The second-order valence-electron chi connectivity index (χ2n) is 5.18. The highest BCUT2D eigenvalue weighted by Crippen LogP contribution is 2.26. The molecule has 7 nitrogen and oxygen atoms in total. The predicted molar refractivity (Wildman–Crippen MR) is 86.1 cm³/mol. The molecule has 0 radical (unpaired) electrons. The predicted octanol–water partition coefficient (Wildman–Crippen LogP) is 0.373. The number of amides is 2. The van der Waals surface area contributed by atoms with E-state index in [-0.39, 0.29) is 12.5 Å². The van der Waals surface area contributed by atoms with Crippen LogP contribution < -0.4 is 15.8 Å². The lowest BCUT2D eigenvalue weighted by Crippen LogP contribution is -2.50. The molecule has 23 heavy (non-hydrogen) atoms. The van der Waals surface area contributed by atoms with E-state index in [4.69, 9.17) is 15.2 Å². The number of primary amides is 1. The molecule has 0 aromatic heterocycles. The fraction of sp³-hybridized carbons (Fsp3) is 0.375. The summed E-state index contributed by atoms with van der Waals surface area (Å²) in [4.78, 5) is 25.7. The molecule has 1 aromatic rings. The average Bonchev–Trinajstić information content (AvgIpc) is 2.80. The molecule has 0 bridgehead atoms. The molecule has 0 aliphatic carbocycles. The molecule has 2 rings (SSSR count). The summed E-state index contributed by atoms with van der Waals surface area (Å²) in [6.45, 7) is 3.84. The van der Waals surface area contributed by atoms with Crippen LogP contribution in [-0.4, -0.2) is 55.7 Å². The molecule has 1 aliphatic rings. The van der Waals surface area contributed by atoms with E-state index in [1.54, 1.807) is 37.5 Å². The van der Waals surface area contributed by atoms with Crippen molar-refractivity contribution in [3.63, 3.8) is 0 Å². The summed E-state index contributed by atoms with van der Waals surface area (Å²) in [5.74, 6) is -0.172. The third-order valence-electron chi connectivity index (χ3n) is 3.82. The third kappa shape index (κ3) is 3.29. The van der Waals surface area contributed by atoms with Crippen LogP contribution in [0.4, 0.5) is 5.69 Å². The number of nitrogens with two attached hydrogens (primary N) is 1. The molecule has 1 aromatic carbocycles. The van der Waals surface area contributed by atoms with Gasteiger partial charge in [0.1, 0.15) is 11.8 Å². The van der Waals surface area contributed by atoms with Crippen LogP contribution in [0, 0.1) is 0 Å². The van der Waals surface area contributed by atoms with E-state index >= 15 is 0 Å². The van der Waals surface area contributed by atoms with Gasteiger partial charge in [0.2, 0.25) is 5.91 Å². The summed E-state index contributed by atoms with van der Waals surface area (Å²) >= 11 is 0. The Bertz CT molecular complexity index is 587. The van der Waals surface area contributed by atoms with Crippen molar-refractivity contribution in [3.8, 4) is 5.75 Å². The Morgan fingerprint density at radius 1 is 1.39 bits per heavy atom. The molecule has 1 saturated heterocycles. The Balaban J connectivity index is 2.29. The Labute approximate surface area is 135 Å². The molecule has 1 fully saturated rings. The number of hydrogen-bond donors (Lipinski definition) is 2. The zero-order valence-corrected chi connectivity index (χ0v) is 13.2. The first kappa shape index (κ1) is 16.8. The molecule has 2 amide bonds. The van der Waals surface area contributed by atoms with E-state index in [1.807, 2.05) is 0 Å². The molecule has 7 heteroatoms. The largest absolute Gasteiger partial charge is 0.497 e. The van der Waals surface area contributed by atoms with Crippen molar-refractivity contribution in [2.75, 3.05) is 26.1 Å². The number of anilines is 1. The number of benzene rings is 1. The van der Waals surface area contributed by atoms with Gasteiger partial charge in [0.25, 0.3) is 5.91 Å². The van der Waals surface area contributed by atoms with E-state index in [0.717, 1.165) is 5.69 Å². The summed E-state index contributed by atoms with van der Waals surface area (Å²) in [5.41, 5.74) is 6.24.